The molecule has 0 unspecified atom stereocenters. The second-order valence-electron chi connectivity index (χ2n) is 7.82. The number of hydrogen-bond acceptors (Lipinski definition) is 8. The maximum absolute atomic E-state index is 13.1. The number of benzene rings is 1. The van der Waals surface area contributed by atoms with E-state index >= 15 is 0 Å². The van der Waals surface area contributed by atoms with Gasteiger partial charge >= 0.3 is 0 Å². The first-order valence-electron chi connectivity index (χ1n) is 9.99. The quantitative estimate of drug-likeness (QED) is 0.580. The predicted octanol–water partition coefficient (Wildman–Crippen LogP) is 3.50. The molecule has 1 saturated carbocycles. The van der Waals surface area contributed by atoms with Crippen molar-refractivity contribution in [3.8, 4) is 22.8 Å². The van der Waals surface area contributed by atoms with Crippen molar-refractivity contribution < 1.29 is 23.6 Å². The van der Waals surface area contributed by atoms with Crippen molar-refractivity contribution in [1.29, 1.82) is 0 Å². The normalized spacial score (nSPS) is 14.0. The van der Waals surface area contributed by atoms with E-state index in [1.807, 2.05) is 6.07 Å². The van der Waals surface area contributed by atoms with Gasteiger partial charge < -0.3 is 24.2 Å². The number of rotatable bonds is 7. The molecule has 1 fully saturated rings. The van der Waals surface area contributed by atoms with Crippen LogP contribution in [0.3, 0.4) is 0 Å². The van der Waals surface area contributed by atoms with E-state index in [2.05, 4.69) is 15.5 Å². The number of carbonyl (C=O) groups is 2. The summed E-state index contributed by atoms with van der Waals surface area (Å²) in [7, 11) is 6.50. The van der Waals surface area contributed by atoms with Crippen molar-refractivity contribution in [2.24, 2.45) is 0 Å². The molecule has 4 rings (SSSR count). The molecule has 1 N–H and O–H groups in total. The second kappa shape index (κ2) is 8.27. The first kappa shape index (κ1) is 21.8. The molecule has 2 heterocycles. The van der Waals surface area contributed by atoms with Crippen molar-refractivity contribution in [3.63, 3.8) is 0 Å². The van der Waals surface area contributed by atoms with Gasteiger partial charge in [-0.2, -0.15) is 0 Å². The summed E-state index contributed by atoms with van der Waals surface area (Å²) in [5, 5.41) is 7.43. The number of hydrogen-bond donors (Lipinski definition) is 1. The molecular formula is C22H24N4O5S. The largest absolute Gasteiger partial charge is 0.493 e. The molecular weight excluding hydrogens is 432 g/mol. The van der Waals surface area contributed by atoms with Crippen molar-refractivity contribution >= 4 is 28.3 Å². The van der Waals surface area contributed by atoms with Crippen molar-refractivity contribution in [3.05, 3.63) is 40.5 Å². The minimum absolute atomic E-state index is 0.141. The number of anilines is 1. The summed E-state index contributed by atoms with van der Waals surface area (Å²) in [6, 6.07) is 7.20. The highest BCUT2D eigenvalue weighted by Gasteiger charge is 2.54. The van der Waals surface area contributed by atoms with Crippen LogP contribution in [0.1, 0.15) is 33.9 Å². The van der Waals surface area contributed by atoms with Crippen LogP contribution in [0, 0.1) is 6.92 Å². The number of aromatic nitrogens is 2. The van der Waals surface area contributed by atoms with Gasteiger partial charge in [-0.25, -0.2) is 4.98 Å². The van der Waals surface area contributed by atoms with Crippen LogP contribution >= 0.6 is 11.3 Å². The third-order valence-electron chi connectivity index (χ3n) is 5.47. The Hall–Kier alpha value is -3.40. The van der Waals surface area contributed by atoms with Gasteiger partial charge in [-0.05, 0) is 38.0 Å². The first-order valence-corrected chi connectivity index (χ1v) is 10.8. The van der Waals surface area contributed by atoms with Gasteiger partial charge in [-0.1, -0.05) is 16.5 Å². The molecule has 1 aliphatic rings. The molecule has 1 aromatic carbocycles. The summed E-state index contributed by atoms with van der Waals surface area (Å²) in [6.07, 6.45) is 1.31. The summed E-state index contributed by atoms with van der Waals surface area (Å²) in [5.41, 5.74) is 1.16. The Morgan fingerprint density at radius 1 is 1.16 bits per heavy atom. The van der Waals surface area contributed by atoms with Gasteiger partial charge in [-0.15, -0.1) is 0 Å². The average Bonchev–Trinajstić information content (AvgIpc) is 3.30. The van der Waals surface area contributed by atoms with E-state index < -0.39 is 5.41 Å². The molecule has 0 radical (unpaired) electrons. The molecule has 0 bridgehead atoms. The van der Waals surface area contributed by atoms with E-state index in [1.54, 1.807) is 53.4 Å². The molecule has 0 spiro atoms. The van der Waals surface area contributed by atoms with Crippen LogP contribution in [0.4, 0.5) is 5.13 Å². The second-order valence-corrected chi connectivity index (χ2v) is 8.81. The highest BCUT2D eigenvalue weighted by Crippen LogP contribution is 2.49. The van der Waals surface area contributed by atoms with Crippen molar-refractivity contribution in [2.75, 3.05) is 33.6 Å². The summed E-state index contributed by atoms with van der Waals surface area (Å²) in [5.74, 6) is 1.37. The fourth-order valence-corrected chi connectivity index (χ4v) is 4.40. The third kappa shape index (κ3) is 3.81. The van der Waals surface area contributed by atoms with Gasteiger partial charge in [0.1, 0.15) is 4.88 Å². The van der Waals surface area contributed by atoms with Gasteiger partial charge in [0.05, 0.1) is 31.0 Å². The number of nitrogens with one attached hydrogen (secondary N) is 1. The zero-order valence-corrected chi connectivity index (χ0v) is 19.3. The van der Waals surface area contributed by atoms with E-state index in [0.29, 0.717) is 51.5 Å². The fourth-order valence-electron chi connectivity index (χ4n) is 3.42. The van der Waals surface area contributed by atoms with E-state index in [1.165, 1.54) is 16.2 Å². The van der Waals surface area contributed by atoms with Gasteiger partial charge in [-0.3, -0.25) is 9.59 Å². The topological polar surface area (TPSA) is 107 Å². The number of aryl methyl sites for hydroxylation is 1. The number of ether oxygens (including phenoxy) is 2. The Bertz CT molecular complexity index is 1180. The van der Waals surface area contributed by atoms with Crippen LogP contribution in [0.25, 0.3) is 11.3 Å². The van der Waals surface area contributed by atoms with Gasteiger partial charge in [0.15, 0.2) is 22.4 Å². The molecule has 0 aliphatic heterocycles. The first-order chi connectivity index (χ1) is 15.3. The summed E-state index contributed by atoms with van der Waals surface area (Å²) in [6.45, 7) is 1.75. The molecule has 3 aromatic rings. The lowest BCUT2D eigenvalue weighted by Gasteiger charge is -2.10. The standard InChI is InChI=1S/C22H24N4O5S/c1-12-18(19(27)26(2)3)32-21(23-12)24-20(28)22(8-9-22)17-11-15(31-25-17)13-6-7-14(29-4)16(10-13)30-5/h6-7,10-11H,8-9H2,1-5H3,(H,23,24,28). The Kier molecular flexibility index (Phi) is 5.64. The lowest BCUT2D eigenvalue weighted by atomic mass is 10.0. The average molecular weight is 457 g/mol. The zero-order valence-electron chi connectivity index (χ0n) is 18.5. The van der Waals surface area contributed by atoms with Crippen LogP contribution in [-0.4, -0.2) is 55.2 Å². The van der Waals surface area contributed by atoms with E-state index in [9.17, 15) is 9.59 Å². The minimum atomic E-state index is -0.760. The molecule has 0 atom stereocenters. The van der Waals surface area contributed by atoms with Crippen molar-refractivity contribution in [1.82, 2.24) is 15.0 Å². The zero-order chi connectivity index (χ0) is 23.0. The summed E-state index contributed by atoms with van der Waals surface area (Å²) >= 11 is 1.17. The highest BCUT2D eigenvalue weighted by atomic mass is 32.1. The lowest BCUT2D eigenvalue weighted by molar-refractivity contribution is -0.118. The maximum atomic E-state index is 13.1. The minimum Gasteiger partial charge on any atom is -0.493 e. The fraction of sp³-hybridized carbons (Fsp3) is 0.364. The van der Waals surface area contributed by atoms with Crippen LogP contribution < -0.4 is 14.8 Å². The Labute approximate surface area is 189 Å². The van der Waals surface area contributed by atoms with Crippen LogP contribution in [0.2, 0.25) is 0 Å². The summed E-state index contributed by atoms with van der Waals surface area (Å²) < 4.78 is 16.2. The third-order valence-corrected chi connectivity index (χ3v) is 6.53. The summed E-state index contributed by atoms with van der Waals surface area (Å²) in [4.78, 5) is 31.7. The lowest BCUT2D eigenvalue weighted by Crippen LogP contribution is -2.28. The number of amides is 2. The van der Waals surface area contributed by atoms with Crippen LogP contribution in [-0.2, 0) is 10.2 Å². The van der Waals surface area contributed by atoms with Gasteiger partial charge in [0, 0.05) is 25.7 Å². The Morgan fingerprint density at radius 2 is 1.88 bits per heavy atom. The van der Waals surface area contributed by atoms with E-state index in [-0.39, 0.29) is 11.8 Å². The molecule has 10 heteroatoms. The number of methoxy groups -OCH3 is 2. The van der Waals surface area contributed by atoms with Gasteiger partial charge in [0.25, 0.3) is 5.91 Å². The molecule has 1 aliphatic carbocycles. The Morgan fingerprint density at radius 3 is 2.50 bits per heavy atom. The van der Waals surface area contributed by atoms with E-state index in [4.69, 9.17) is 14.0 Å². The smallest absolute Gasteiger partial charge is 0.265 e. The van der Waals surface area contributed by atoms with Crippen LogP contribution in [0.5, 0.6) is 11.5 Å². The molecule has 2 amide bonds. The maximum Gasteiger partial charge on any atom is 0.265 e. The highest BCUT2D eigenvalue weighted by molar-refractivity contribution is 7.17. The number of thiazole rings is 1. The number of nitrogens with zero attached hydrogens (tertiary/aromatic N) is 3. The van der Waals surface area contributed by atoms with Crippen molar-refractivity contribution in [2.45, 2.75) is 25.2 Å². The molecule has 168 valence electrons. The van der Waals surface area contributed by atoms with Crippen LogP contribution in [0.15, 0.2) is 28.8 Å². The van der Waals surface area contributed by atoms with E-state index in [0.717, 1.165) is 5.56 Å². The molecule has 32 heavy (non-hydrogen) atoms. The molecule has 9 nitrogen and oxygen atoms in total. The van der Waals surface area contributed by atoms with Gasteiger partial charge in [0.2, 0.25) is 5.91 Å². The Balaban J connectivity index is 1.54. The monoisotopic (exact) mass is 456 g/mol. The SMILES string of the molecule is COc1ccc(-c2cc(C3(C(=O)Nc4nc(C)c(C(=O)N(C)C)s4)CC3)no2)cc1OC. The number of carbonyl (C=O) groups excluding carboxylic acids is 2. The predicted molar refractivity (Wildman–Crippen MR) is 119 cm³/mol. The molecule has 2 aromatic heterocycles. The molecule has 0 saturated heterocycles.